The highest BCUT2D eigenvalue weighted by Gasteiger charge is 2.79. The predicted molar refractivity (Wildman–Crippen MR) is 122 cm³/mol. The Morgan fingerprint density at radius 3 is 2.60 bits per heavy atom. The Morgan fingerprint density at radius 1 is 1.23 bits per heavy atom. The second-order valence-corrected chi connectivity index (χ2v) is 9.20. The van der Waals surface area contributed by atoms with E-state index in [1.54, 1.807) is 18.2 Å². The van der Waals surface area contributed by atoms with E-state index in [9.17, 15) is 25.5 Å². The minimum Gasteiger partial charge on any atom is -0.480 e. The summed E-state index contributed by atoms with van der Waals surface area (Å²) in [7, 11) is 1.24. The first-order valence-electron chi connectivity index (χ1n) is 11.3. The lowest BCUT2D eigenvalue weighted by atomic mass is 9.63. The van der Waals surface area contributed by atoms with Gasteiger partial charge < -0.3 is 19.7 Å². The van der Waals surface area contributed by atoms with Crippen LogP contribution >= 0.6 is 0 Å². The molecule has 1 fully saturated rings. The third-order valence-electron chi connectivity index (χ3n) is 7.56. The van der Waals surface area contributed by atoms with E-state index in [-0.39, 0.29) is 22.9 Å². The van der Waals surface area contributed by atoms with Gasteiger partial charge in [-0.05, 0) is 17.6 Å². The maximum atomic E-state index is 13.1. The van der Waals surface area contributed by atoms with Crippen molar-refractivity contribution in [1.82, 2.24) is 4.98 Å². The van der Waals surface area contributed by atoms with Gasteiger partial charge >= 0.3 is 5.97 Å². The molecule has 2 unspecified atom stereocenters. The zero-order valence-corrected chi connectivity index (χ0v) is 19.1. The van der Waals surface area contributed by atoms with Crippen LogP contribution in [0, 0.1) is 40.4 Å². The number of aromatic nitrogens is 1. The second kappa shape index (κ2) is 8.06. The predicted octanol–water partition coefficient (Wildman–Crippen LogP) is 2.49. The van der Waals surface area contributed by atoms with E-state index >= 15 is 0 Å². The van der Waals surface area contributed by atoms with Gasteiger partial charge in [-0.2, -0.15) is 10.5 Å². The molecule has 2 aromatic rings. The Hall–Kier alpha value is -3.98. The lowest BCUT2D eigenvalue weighted by molar-refractivity contribution is -0.171. The second-order valence-electron chi connectivity index (χ2n) is 9.20. The van der Waals surface area contributed by atoms with Crippen LogP contribution in [0.1, 0.15) is 29.7 Å². The van der Waals surface area contributed by atoms with E-state index < -0.39 is 41.0 Å². The molecule has 5 rings (SSSR count). The Bertz CT molecular complexity index is 1340. The molecule has 1 aromatic heterocycles. The van der Waals surface area contributed by atoms with Crippen LogP contribution < -0.4 is 4.74 Å². The van der Waals surface area contributed by atoms with Crippen LogP contribution in [0.25, 0.3) is 0 Å². The summed E-state index contributed by atoms with van der Waals surface area (Å²) < 4.78 is 11.7. The summed E-state index contributed by atoms with van der Waals surface area (Å²) in [5, 5.41) is 43.0. The van der Waals surface area contributed by atoms with Crippen LogP contribution in [-0.2, 0) is 15.1 Å². The number of aliphatic hydroxyl groups is 2. The molecule has 0 radical (unpaired) electrons. The number of allylic oxidation sites excluding steroid dienone is 3. The number of pyridine rings is 1. The molecule has 0 spiro atoms. The molecule has 0 bridgehead atoms. The van der Waals surface area contributed by atoms with Crippen molar-refractivity contribution in [3.05, 3.63) is 83.2 Å². The zero-order chi connectivity index (χ0) is 25.0. The highest BCUT2D eigenvalue weighted by Crippen LogP contribution is 2.67. The lowest BCUT2D eigenvalue weighted by Crippen LogP contribution is -2.60. The number of nitrogens with zero attached hydrogens (tertiary/aromatic N) is 3. The first-order valence-corrected chi connectivity index (χ1v) is 11.3. The minimum atomic E-state index is -2.11. The van der Waals surface area contributed by atoms with Gasteiger partial charge in [0.2, 0.25) is 0 Å². The van der Waals surface area contributed by atoms with Gasteiger partial charge in [0, 0.05) is 29.7 Å². The number of hydrogen-bond acceptors (Lipinski definition) is 8. The average molecular weight is 469 g/mol. The fourth-order valence-corrected chi connectivity index (χ4v) is 6.17. The Balaban J connectivity index is 1.83. The molecule has 0 saturated heterocycles. The molecule has 176 valence electrons. The van der Waals surface area contributed by atoms with Crippen LogP contribution in [0.2, 0.25) is 0 Å². The van der Waals surface area contributed by atoms with Crippen LogP contribution in [0.15, 0.2) is 66.4 Å². The maximum absolute atomic E-state index is 13.1. The van der Waals surface area contributed by atoms with Crippen molar-refractivity contribution in [2.45, 2.75) is 30.1 Å². The Morgan fingerprint density at radius 2 is 1.97 bits per heavy atom. The number of ether oxygens (including phenoxy) is 2. The third-order valence-corrected chi connectivity index (χ3v) is 7.56. The molecule has 1 aromatic carbocycles. The standard InChI is InChI=1S/C27H23N3O5/c1-15-10-16(12-28)8-9-19(15)27-22(18-6-4-3-5-7-18)21(25(32)34-2)24(31)26(27,33)23-20(35-27)11-17(13-29)14-30-23/h3-11,14-15,19,21-22,24,31,33H,1-2H3/t15?,19?,21-,22-,24-,26+,27+/m1/s1. The molecule has 1 saturated carbocycles. The number of carbonyl (C=O) groups is 1. The van der Waals surface area contributed by atoms with Gasteiger partial charge in [-0.1, -0.05) is 49.4 Å². The largest absolute Gasteiger partial charge is 0.480 e. The van der Waals surface area contributed by atoms with Crippen LogP contribution in [-0.4, -0.2) is 40.0 Å². The monoisotopic (exact) mass is 469 g/mol. The SMILES string of the molecule is COC(=O)[C@H]1[C@@H](O)[C@@]2(O)c3ncc(C#N)cc3O[C@@]2(C2C=CC(C#N)=CC2C)[C@@H]1c1ccccc1. The number of nitriles is 2. The van der Waals surface area contributed by atoms with Crippen molar-refractivity contribution in [3.8, 4) is 17.9 Å². The van der Waals surface area contributed by atoms with Crippen molar-refractivity contribution >= 4 is 5.97 Å². The van der Waals surface area contributed by atoms with Crippen LogP contribution in [0.3, 0.4) is 0 Å². The fraction of sp³-hybridized carbons (Fsp3) is 0.333. The highest BCUT2D eigenvalue weighted by atomic mass is 16.5. The number of aliphatic hydroxyl groups excluding tert-OH is 1. The summed E-state index contributed by atoms with van der Waals surface area (Å²) in [4.78, 5) is 17.5. The van der Waals surface area contributed by atoms with Gasteiger partial charge in [0.05, 0.1) is 24.7 Å². The van der Waals surface area contributed by atoms with Crippen molar-refractivity contribution in [3.63, 3.8) is 0 Å². The number of esters is 1. The zero-order valence-electron chi connectivity index (χ0n) is 19.1. The molecular weight excluding hydrogens is 446 g/mol. The first kappa shape index (κ1) is 22.8. The average Bonchev–Trinajstić information content (AvgIpc) is 3.25. The Kier molecular flexibility index (Phi) is 5.25. The fourth-order valence-electron chi connectivity index (χ4n) is 6.17. The van der Waals surface area contributed by atoms with Crippen molar-refractivity contribution in [2.75, 3.05) is 7.11 Å². The quantitative estimate of drug-likeness (QED) is 0.655. The van der Waals surface area contributed by atoms with Crippen molar-refractivity contribution < 1.29 is 24.5 Å². The summed E-state index contributed by atoms with van der Waals surface area (Å²) >= 11 is 0. The molecular formula is C27H23N3O5. The van der Waals surface area contributed by atoms with Gasteiger partial charge in [-0.3, -0.25) is 9.78 Å². The topological polar surface area (TPSA) is 136 Å². The van der Waals surface area contributed by atoms with E-state index in [1.807, 2.05) is 43.3 Å². The summed E-state index contributed by atoms with van der Waals surface area (Å²) in [5.41, 5.74) is -2.28. The van der Waals surface area contributed by atoms with E-state index in [4.69, 9.17) is 9.47 Å². The van der Waals surface area contributed by atoms with E-state index in [2.05, 4.69) is 11.1 Å². The summed E-state index contributed by atoms with van der Waals surface area (Å²) in [6.45, 7) is 1.89. The first-order chi connectivity index (χ1) is 16.8. The number of carbonyl (C=O) groups excluding carboxylic acids is 1. The maximum Gasteiger partial charge on any atom is 0.312 e. The summed E-state index contributed by atoms with van der Waals surface area (Å²) in [5.74, 6) is -3.40. The molecule has 7 atom stereocenters. The molecule has 3 aliphatic rings. The smallest absolute Gasteiger partial charge is 0.312 e. The Labute approximate surface area is 202 Å². The number of rotatable bonds is 3. The molecule has 2 N–H and O–H groups in total. The van der Waals surface area contributed by atoms with Gasteiger partial charge in [0.15, 0.2) is 11.2 Å². The normalized spacial score (nSPS) is 34.6. The third kappa shape index (κ3) is 2.91. The number of benzene rings is 1. The van der Waals surface area contributed by atoms with Crippen molar-refractivity contribution in [1.29, 1.82) is 10.5 Å². The van der Waals surface area contributed by atoms with E-state index in [0.29, 0.717) is 11.1 Å². The molecule has 35 heavy (non-hydrogen) atoms. The molecule has 8 nitrogen and oxygen atoms in total. The van der Waals surface area contributed by atoms with E-state index in [0.717, 1.165) is 0 Å². The van der Waals surface area contributed by atoms with Gasteiger partial charge in [0.1, 0.15) is 23.6 Å². The summed E-state index contributed by atoms with van der Waals surface area (Å²) in [6, 6.07) is 14.7. The molecule has 1 aliphatic heterocycles. The molecule has 2 heterocycles. The van der Waals surface area contributed by atoms with E-state index in [1.165, 1.54) is 19.4 Å². The molecule has 2 aliphatic carbocycles. The van der Waals surface area contributed by atoms with Gasteiger partial charge in [-0.15, -0.1) is 0 Å². The number of hydrogen-bond donors (Lipinski definition) is 2. The number of methoxy groups -OCH3 is 1. The van der Waals surface area contributed by atoms with Crippen LogP contribution in [0.4, 0.5) is 0 Å². The highest BCUT2D eigenvalue weighted by molar-refractivity contribution is 5.77. The van der Waals surface area contributed by atoms with Crippen LogP contribution in [0.5, 0.6) is 5.75 Å². The van der Waals surface area contributed by atoms with Gasteiger partial charge in [0.25, 0.3) is 0 Å². The van der Waals surface area contributed by atoms with Crippen molar-refractivity contribution in [2.24, 2.45) is 17.8 Å². The number of fused-ring (bicyclic) bond motifs is 3. The lowest BCUT2D eigenvalue weighted by Gasteiger charge is -2.46. The minimum absolute atomic E-state index is 0.0620. The van der Waals surface area contributed by atoms with Gasteiger partial charge in [-0.25, -0.2) is 0 Å². The molecule has 8 heteroatoms. The molecule has 0 amide bonds. The summed E-state index contributed by atoms with van der Waals surface area (Å²) in [6.07, 6.45) is 4.90.